The molecule has 0 aromatic carbocycles. The molecule has 18 heavy (non-hydrogen) atoms. The van der Waals surface area contributed by atoms with E-state index < -0.39 is 5.97 Å². The molecule has 5 heteroatoms. The molecule has 1 rings (SSSR count). The molecule has 0 aromatic rings. The summed E-state index contributed by atoms with van der Waals surface area (Å²) in [6, 6.07) is 0.235. The minimum absolute atomic E-state index is 0.0705. The van der Waals surface area contributed by atoms with Crippen LogP contribution in [0.25, 0.3) is 0 Å². The number of carboxylic acid groups (broad SMARTS) is 1. The summed E-state index contributed by atoms with van der Waals surface area (Å²) < 4.78 is 0. The van der Waals surface area contributed by atoms with Crippen LogP contribution in [0.5, 0.6) is 0 Å². The predicted molar refractivity (Wildman–Crippen MR) is 69.3 cm³/mol. The molecule has 2 unspecified atom stereocenters. The van der Waals surface area contributed by atoms with Crippen LogP contribution in [0.1, 0.15) is 39.5 Å². The third kappa shape index (κ3) is 4.64. The Balaban J connectivity index is 2.59. The molecule has 1 saturated heterocycles. The van der Waals surface area contributed by atoms with Gasteiger partial charge in [-0.25, -0.2) is 0 Å². The van der Waals surface area contributed by atoms with E-state index in [9.17, 15) is 9.59 Å². The summed E-state index contributed by atoms with van der Waals surface area (Å²) in [5, 5.41) is 12.3. The van der Waals surface area contributed by atoms with Gasteiger partial charge >= 0.3 is 5.97 Å². The second-order valence-electron chi connectivity index (χ2n) is 5.00. The molecule has 1 aliphatic rings. The Labute approximate surface area is 109 Å². The molecule has 0 radical (unpaired) electrons. The van der Waals surface area contributed by atoms with Gasteiger partial charge in [-0.1, -0.05) is 13.8 Å². The topological polar surface area (TPSA) is 69.6 Å². The number of amides is 1. The quantitative estimate of drug-likeness (QED) is 0.746. The highest BCUT2D eigenvalue weighted by Crippen LogP contribution is 2.20. The summed E-state index contributed by atoms with van der Waals surface area (Å²) in [5.41, 5.74) is 0. The van der Waals surface area contributed by atoms with E-state index in [1.807, 2.05) is 11.8 Å². The lowest BCUT2D eigenvalue weighted by atomic mass is 9.91. The Morgan fingerprint density at radius 1 is 1.33 bits per heavy atom. The van der Waals surface area contributed by atoms with Crippen molar-refractivity contribution in [3.8, 4) is 0 Å². The molecular formula is C13H24N2O3. The summed E-state index contributed by atoms with van der Waals surface area (Å²) in [7, 11) is 0. The minimum Gasteiger partial charge on any atom is -0.481 e. The standard InChI is InChI=1S/C13H24N2O3/c1-3-5-14-11-6-10(7-13(17)18)8-15(9-11)12(16)4-2/h10-11,14H,3-9H2,1-2H3,(H,17,18). The first-order chi connectivity index (χ1) is 8.56. The zero-order valence-electron chi connectivity index (χ0n) is 11.3. The van der Waals surface area contributed by atoms with Crippen LogP contribution < -0.4 is 5.32 Å². The molecule has 2 N–H and O–H groups in total. The summed E-state index contributed by atoms with van der Waals surface area (Å²) in [4.78, 5) is 24.4. The number of nitrogens with zero attached hydrogens (tertiary/aromatic N) is 1. The Kier molecular flexibility index (Phi) is 6.12. The molecule has 1 aliphatic heterocycles. The maximum absolute atomic E-state index is 11.8. The molecule has 2 atom stereocenters. The SMILES string of the molecule is CCCNC1CC(CC(=O)O)CN(C(=O)CC)C1. The Morgan fingerprint density at radius 3 is 2.61 bits per heavy atom. The second kappa shape index (κ2) is 7.36. The zero-order valence-corrected chi connectivity index (χ0v) is 11.3. The molecule has 0 aromatic heterocycles. The fourth-order valence-electron chi connectivity index (χ4n) is 2.52. The lowest BCUT2D eigenvalue weighted by molar-refractivity contribution is -0.141. The lowest BCUT2D eigenvalue weighted by Crippen LogP contribution is -2.51. The number of carbonyl (C=O) groups is 2. The minimum atomic E-state index is -0.778. The highest BCUT2D eigenvalue weighted by atomic mass is 16.4. The van der Waals surface area contributed by atoms with E-state index in [1.54, 1.807) is 0 Å². The van der Waals surface area contributed by atoms with E-state index in [1.165, 1.54) is 0 Å². The number of rotatable bonds is 6. The third-order valence-electron chi connectivity index (χ3n) is 3.34. The van der Waals surface area contributed by atoms with E-state index >= 15 is 0 Å². The molecule has 5 nitrogen and oxygen atoms in total. The maximum Gasteiger partial charge on any atom is 0.303 e. The van der Waals surface area contributed by atoms with Crippen molar-refractivity contribution in [1.82, 2.24) is 10.2 Å². The molecule has 0 bridgehead atoms. The summed E-state index contributed by atoms with van der Waals surface area (Å²) in [6.07, 6.45) is 2.53. The Bertz CT molecular complexity index is 294. The number of hydrogen-bond donors (Lipinski definition) is 2. The molecule has 1 heterocycles. The van der Waals surface area contributed by atoms with Gasteiger partial charge in [0.2, 0.25) is 5.91 Å². The van der Waals surface area contributed by atoms with Gasteiger partial charge in [0.1, 0.15) is 0 Å². The first kappa shape index (κ1) is 15.0. The number of carbonyl (C=O) groups excluding carboxylic acids is 1. The van der Waals surface area contributed by atoms with Crippen molar-refractivity contribution >= 4 is 11.9 Å². The molecule has 104 valence electrons. The highest BCUT2D eigenvalue weighted by Gasteiger charge is 2.30. The molecular weight excluding hydrogens is 232 g/mol. The van der Waals surface area contributed by atoms with Crippen molar-refractivity contribution in [2.24, 2.45) is 5.92 Å². The lowest BCUT2D eigenvalue weighted by Gasteiger charge is -2.37. The van der Waals surface area contributed by atoms with E-state index in [0.29, 0.717) is 19.5 Å². The fraction of sp³-hybridized carbons (Fsp3) is 0.846. The van der Waals surface area contributed by atoms with Crippen LogP contribution in [-0.2, 0) is 9.59 Å². The van der Waals surface area contributed by atoms with Crippen LogP contribution in [0.4, 0.5) is 0 Å². The fourth-order valence-corrected chi connectivity index (χ4v) is 2.52. The van der Waals surface area contributed by atoms with E-state index in [4.69, 9.17) is 5.11 Å². The van der Waals surface area contributed by atoms with Crippen molar-refractivity contribution in [3.05, 3.63) is 0 Å². The smallest absolute Gasteiger partial charge is 0.303 e. The van der Waals surface area contributed by atoms with Gasteiger partial charge in [-0.15, -0.1) is 0 Å². The summed E-state index contributed by atoms with van der Waals surface area (Å²) >= 11 is 0. The van der Waals surface area contributed by atoms with Crippen LogP contribution in [0, 0.1) is 5.92 Å². The van der Waals surface area contributed by atoms with Crippen molar-refractivity contribution in [2.75, 3.05) is 19.6 Å². The van der Waals surface area contributed by atoms with Crippen LogP contribution in [0.15, 0.2) is 0 Å². The third-order valence-corrected chi connectivity index (χ3v) is 3.34. The van der Waals surface area contributed by atoms with Crippen molar-refractivity contribution in [3.63, 3.8) is 0 Å². The largest absolute Gasteiger partial charge is 0.481 e. The number of hydrogen-bond acceptors (Lipinski definition) is 3. The molecule has 0 aliphatic carbocycles. The summed E-state index contributed by atoms with van der Waals surface area (Å²) in [6.45, 7) is 6.15. The van der Waals surface area contributed by atoms with Gasteiger partial charge in [-0.05, 0) is 25.3 Å². The second-order valence-corrected chi connectivity index (χ2v) is 5.00. The molecule has 0 saturated carbocycles. The monoisotopic (exact) mass is 256 g/mol. The molecule has 1 amide bonds. The average molecular weight is 256 g/mol. The molecule has 1 fully saturated rings. The number of nitrogens with one attached hydrogen (secondary N) is 1. The number of likely N-dealkylation sites (tertiary alicyclic amines) is 1. The highest BCUT2D eigenvalue weighted by molar-refractivity contribution is 5.76. The van der Waals surface area contributed by atoms with E-state index in [0.717, 1.165) is 19.4 Å². The van der Waals surface area contributed by atoms with Crippen LogP contribution in [0.3, 0.4) is 0 Å². The number of aliphatic carboxylic acids is 1. The van der Waals surface area contributed by atoms with Crippen molar-refractivity contribution in [2.45, 2.75) is 45.6 Å². The van der Waals surface area contributed by atoms with E-state index in [-0.39, 0.29) is 24.3 Å². The van der Waals surface area contributed by atoms with Crippen molar-refractivity contribution < 1.29 is 14.7 Å². The Morgan fingerprint density at radius 2 is 2.06 bits per heavy atom. The van der Waals surface area contributed by atoms with E-state index in [2.05, 4.69) is 12.2 Å². The van der Waals surface area contributed by atoms with Gasteiger partial charge in [0.25, 0.3) is 0 Å². The van der Waals surface area contributed by atoms with Gasteiger partial charge < -0.3 is 15.3 Å². The van der Waals surface area contributed by atoms with Gasteiger partial charge in [0.05, 0.1) is 0 Å². The number of piperidine rings is 1. The molecule has 0 spiro atoms. The Hall–Kier alpha value is -1.10. The average Bonchev–Trinajstić information content (AvgIpc) is 2.34. The van der Waals surface area contributed by atoms with Gasteiger partial charge in [-0.2, -0.15) is 0 Å². The van der Waals surface area contributed by atoms with Crippen LogP contribution >= 0.6 is 0 Å². The van der Waals surface area contributed by atoms with Crippen LogP contribution in [-0.4, -0.2) is 47.6 Å². The zero-order chi connectivity index (χ0) is 13.5. The first-order valence-corrected chi connectivity index (χ1v) is 6.79. The van der Waals surface area contributed by atoms with Gasteiger partial charge in [-0.3, -0.25) is 9.59 Å². The van der Waals surface area contributed by atoms with Crippen molar-refractivity contribution in [1.29, 1.82) is 0 Å². The van der Waals surface area contributed by atoms with Gasteiger partial charge in [0, 0.05) is 32.0 Å². The maximum atomic E-state index is 11.8. The van der Waals surface area contributed by atoms with Crippen LogP contribution in [0.2, 0.25) is 0 Å². The normalized spacial score (nSPS) is 24.0. The predicted octanol–water partition coefficient (Wildman–Crippen LogP) is 1.09. The van der Waals surface area contributed by atoms with Gasteiger partial charge in [0.15, 0.2) is 0 Å². The first-order valence-electron chi connectivity index (χ1n) is 6.79. The summed E-state index contributed by atoms with van der Waals surface area (Å²) in [5.74, 6) is -0.588. The number of carboxylic acids is 1.